The molecule has 4 aromatic heterocycles. The van der Waals surface area contributed by atoms with Crippen LogP contribution in [0.3, 0.4) is 0 Å². The molecule has 0 atom stereocenters. The first-order valence-electron chi connectivity index (χ1n) is 23.3. The predicted molar refractivity (Wildman–Crippen MR) is 285 cm³/mol. The number of rotatable bonds is 4. The van der Waals surface area contributed by atoms with Crippen molar-refractivity contribution in [2.75, 3.05) is 0 Å². The zero-order valence-corrected chi connectivity index (χ0v) is 37.2. The average molecular weight is 891 g/mol. The summed E-state index contributed by atoms with van der Waals surface area (Å²) in [6, 6.07) is 76.8. The van der Waals surface area contributed by atoms with Gasteiger partial charge in [-0.1, -0.05) is 121 Å². The number of nitrogens with zero attached hydrogens (tertiary/aromatic N) is 4. The fourth-order valence-corrected chi connectivity index (χ4v) is 11.5. The molecule has 0 fully saturated rings. The molecule has 11 aromatic carbocycles. The van der Waals surface area contributed by atoms with E-state index in [9.17, 15) is 10.5 Å². The summed E-state index contributed by atoms with van der Waals surface area (Å²) in [7, 11) is 0. The first-order valence-corrected chi connectivity index (χ1v) is 23.3. The normalized spacial score (nSPS) is 12.0. The minimum Gasteiger partial charge on any atom is -0.456 e. The standard InChI is InChI=1S/C64H34N4O2/c65-35-51-52(36-66)56(68-54-24-20-40(34-50(54)64-44-12-4-2-10-38(44)18-26-58(64)68)42-22-30-62-48(32-42)46-14-6-8-16-60(46)70-62)28-27-55(51)67-53-23-19-39(33-49(53)63-43-11-3-1-9-37(43)17-25-57(63)67)41-21-29-61-47(31-41)45-13-5-7-15-59(45)69-61/h1-34H. The van der Waals surface area contributed by atoms with Crippen molar-refractivity contribution in [1.82, 2.24) is 9.13 Å². The molecule has 0 saturated carbocycles. The van der Waals surface area contributed by atoms with E-state index in [-0.39, 0.29) is 0 Å². The summed E-state index contributed by atoms with van der Waals surface area (Å²) in [5, 5.41) is 35.7. The van der Waals surface area contributed by atoms with Crippen molar-refractivity contribution in [3.63, 3.8) is 0 Å². The van der Waals surface area contributed by atoms with Gasteiger partial charge < -0.3 is 18.0 Å². The van der Waals surface area contributed by atoms with Crippen LogP contribution >= 0.6 is 0 Å². The summed E-state index contributed by atoms with van der Waals surface area (Å²) in [4.78, 5) is 0. The van der Waals surface area contributed by atoms with Gasteiger partial charge in [0.05, 0.1) is 44.6 Å². The van der Waals surface area contributed by atoms with Crippen LogP contribution in [0.4, 0.5) is 0 Å². The maximum absolute atomic E-state index is 11.3. The molecule has 322 valence electrons. The molecule has 4 heterocycles. The third-order valence-corrected chi connectivity index (χ3v) is 14.6. The fraction of sp³-hybridized carbons (Fsp3) is 0. The van der Waals surface area contributed by atoms with E-state index in [0.29, 0.717) is 22.5 Å². The first kappa shape index (κ1) is 38.2. The zero-order valence-electron chi connectivity index (χ0n) is 37.2. The van der Waals surface area contributed by atoms with E-state index in [1.807, 2.05) is 48.5 Å². The van der Waals surface area contributed by atoms with Crippen molar-refractivity contribution >= 4 is 109 Å². The highest BCUT2D eigenvalue weighted by Crippen LogP contribution is 2.44. The molecule has 0 bridgehead atoms. The Labute approximate surface area is 398 Å². The molecule has 0 unspecified atom stereocenters. The summed E-state index contributed by atoms with van der Waals surface area (Å²) in [5.74, 6) is 0. The van der Waals surface area contributed by atoms with Crippen LogP contribution < -0.4 is 0 Å². The van der Waals surface area contributed by atoms with Crippen LogP contribution in [0.1, 0.15) is 11.1 Å². The predicted octanol–water partition coefficient (Wildman–Crippen LogP) is 17.1. The number of hydrogen-bond donors (Lipinski definition) is 0. The minimum absolute atomic E-state index is 0.307. The van der Waals surface area contributed by atoms with Gasteiger partial charge in [-0.05, 0) is 129 Å². The Hall–Kier alpha value is -9.88. The smallest absolute Gasteiger partial charge is 0.135 e. The molecule has 0 aliphatic rings. The Bertz CT molecular complexity index is 4560. The van der Waals surface area contributed by atoms with E-state index in [4.69, 9.17) is 8.83 Å². The van der Waals surface area contributed by atoms with Crippen molar-refractivity contribution in [1.29, 1.82) is 10.5 Å². The Kier molecular flexibility index (Phi) is 7.82. The quantitative estimate of drug-likeness (QED) is 0.176. The Morgan fingerprint density at radius 2 is 0.657 bits per heavy atom. The van der Waals surface area contributed by atoms with E-state index in [2.05, 4.69) is 179 Å². The molecule has 0 amide bonds. The largest absolute Gasteiger partial charge is 0.456 e. The molecule has 0 N–H and O–H groups in total. The highest BCUT2D eigenvalue weighted by atomic mass is 16.3. The highest BCUT2D eigenvalue weighted by Gasteiger charge is 2.25. The maximum Gasteiger partial charge on any atom is 0.135 e. The molecule has 0 aliphatic heterocycles. The molecule has 0 radical (unpaired) electrons. The van der Waals surface area contributed by atoms with Crippen LogP contribution in [0.2, 0.25) is 0 Å². The van der Waals surface area contributed by atoms with Crippen LogP contribution in [0.25, 0.3) is 143 Å². The van der Waals surface area contributed by atoms with Gasteiger partial charge in [0.15, 0.2) is 0 Å². The number of hydrogen-bond acceptors (Lipinski definition) is 4. The first-order chi connectivity index (χ1) is 34.6. The van der Waals surface area contributed by atoms with Gasteiger partial charge in [-0.2, -0.15) is 10.5 Å². The van der Waals surface area contributed by atoms with Gasteiger partial charge in [-0.3, -0.25) is 0 Å². The summed E-state index contributed by atoms with van der Waals surface area (Å²) < 4.78 is 16.7. The van der Waals surface area contributed by atoms with Gasteiger partial charge in [0, 0.05) is 43.1 Å². The second-order valence-corrected chi connectivity index (χ2v) is 18.2. The summed E-state index contributed by atoms with van der Waals surface area (Å²) in [6.07, 6.45) is 0. The van der Waals surface area contributed by atoms with E-state index in [1.54, 1.807) is 0 Å². The van der Waals surface area contributed by atoms with Gasteiger partial charge in [-0.25, -0.2) is 0 Å². The Balaban J connectivity index is 0.951. The van der Waals surface area contributed by atoms with Crippen molar-refractivity contribution in [3.8, 4) is 45.8 Å². The van der Waals surface area contributed by atoms with Gasteiger partial charge in [0.25, 0.3) is 0 Å². The molecule has 15 aromatic rings. The summed E-state index contributed by atoms with van der Waals surface area (Å²) in [6.45, 7) is 0. The van der Waals surface area contributed by atoms with Crippen molar-refractivity contribution in [3.05, 3.63) is 217 Å². The van der Waals surface area contributed by atoms with Crippen LogP contribution in [0, 0.1) is 22.7 Å². The molecular weight excluding hydrogens is 857 g/mol. The third kappa shape index (κ3) is 5.30. The summed E-state index contributed by atoms with van der Waals surface area (Å²) in [5.41, 5.74) is 13.4. The van der Waals surface area contributed by atoms with Crippen molar-refractivity contribution in [2.24, 2.45) is 0 Å². The Morgan fingerprint density at radius 1 is 0.300 bits per heavy atom. The number of furan rings is 2. The minimum atomic E-state index is 0.307. The van der Waals surface area contributed by atoms with Crippen LogP contribution in [-0.2, 0) is 0 Å². The molecule has 0 aliphatic carbocycles. The lowest BCUT2D eigenvalue weighted by atomic mass is 9.99. The van der Waals surface area contributed by atoms with Crippen LogP contribution in [-0.4, -0.2) is 9.13 Å². The molecular formula is C64H34N4O2. The highest BCUT2D eigenvalue weighted by molar-refractivity contribution is 6.24. The maximum atomic E-state index is 11.3. The van der Waals surface area contributed by atoms with Crippen molar-refractivity contribution in [2.45, 2.75) is 0 Å². The van der Waals surface area contributed by atoms with Gasteiger partial charge in [0.1, 0.15) is 34.5 Å². The lowest BCUT2D eigenvalue weighted by Crippen LogP contribution is -2.05. The van der Waals surface area contributed by atoms with Gasteiger partial charge >= 0.3 is 0 Å². The number of nitriles is 2. The lowest BCUT2D eigenvalue weighted by Gasteiger charge is -2.16. The lowest BCUT2D eigenvalue weighted by molar-refractivity contribution is 0.668. The van der Waals surface area contributed by atoms with E-state index < -0.39 is 0 Å². The number of aromatic nitrogens is 2. The number of benzene rings is 11. The molecule has 0 spiro atoms. The van der Waals surface area contributed by atoms with Crippen LogP contribution in [0.15, 0.2) is 215 Å². The Morgan fingerprint density at radius 3 is 1.10 bits per heavy atom. The van der Waals surface area contributed by atoms with E-state index >= 15 is 0 Å². The number of para-hydroxylation sites is 2. The van der Waals surface area contributed by atoms with E-state index in [0.717, 1.165) is 131 Å². The van der Waals surface area contributed by atoms with Gasteiger partial charge in [0.2, 0.25) is 0 Å². The second-order valence-electron chi connectivity index (χ2n) is 18.2. The number of fused-ring (bicyclic) bond motifs is 16. The second kappa shape index (κ2) is 14.3. The topological polar surface area (TPSA) is 83.7 Å². The van der Waals surface area contributed by atoms with E-state index in [1.165, 1.54) is 0 Å². The SMILES string of the molecule is N#Cc1c(-n2c3ccc(-c4ccc5oc6ccccc6c5c4)cc3c3c4ccccc4ccc32)ccc(-n2c3ccc(-c4ccc5oc6ccccc6c5c4)cc3c3c4ccccc4ccc32)c1C#N. The average Bonchev–Trinajstić information content (AvgIpc) is 4.17. The van der Waals surface area contributed by atoms with Crippen LogP contribution in [0.5, 0.6) is 0 Å². The monoisotopic (exact) mass is 890 g/mol. The fourth-order valence-electron chi connectivity index (χ4n) is 11.5. The molecule has 70 heavy (non-hydrogen) atoms. The third-order valence-electron chi connectivity index (χ3n) is 14.6. The molecule has 15 rings (SSSR count). The van der Waals surface area contributed by atoms with Gasteiger partial charge in [-0.15, -0.1) is 0 Å². The van der Waals surface area contributed by atoms with Crippen molar-refractivity contribution < 1.29 is 8.83 Å². The molecule has 6 nitrogen and oxygen atoms in total. The summed E-state index contributed by atoms with van der Waals surface area (Å²) >= 11 is 0. The molecule has 0 saturated heterocycles. The molecule has 6 heteroatoms. The zero-order chi connectivity index (χ0) is 46.2.